The van der Waals surface area contributed by atoms with Crippen molar-refractivity contribution in [3.63, 3.8) is 0 Å². The fraction of sp³-hybridized carbons (Fsp3) is 0.231. The Bertz CT molecular complexity index is 1480. The minimum atomic E-state index is -3.81. The van der Waals surface area contributed by atoms with Crippen LogP contribution in [0.2, 0.25) is 0 Å². The average Bonchev–Trinajstić information content (AvgIpc) is 3.44. The molecule has 1 saturated heterocycles. The molecule has 7 nitrogen and oxygen atoms in total. The Morgan fingerprint density at radius 2 is 1.83 bits per heavy atom. The van der Waals surface area contributed by atoms with Crippen molar-refractivity contribution in [2.75, 3.05) is 25.5 Å². The third kappa shape index (κ3) is 4.67. The van der Waals surface area contributed by atoms with Crippen LogP contribution in [0.15, 0.2) is 70.9 Å². The second kappa shape index (κ2) is 9.77. The van der Waals surface area contributed by atoms with Crippen LogP contribution in [0.5, 0.6) is 5.75 Å². The summed E-state index contributed by atoms with van der Waals surface area (Å²) in [6.07, 6.45) is 2.65. The molecule has 1 amide bonds. The zero-order valence-electron chi connectivity index (χ0n) is 19.2. The topological polar surface area (TPSA) is 88.6 Å². The summed E-state index contributed by atoms with van der Waals surface area (Å²) >= 11 is 1.54. The van der Waals surface area contributed by atoms with Gasteiger partial charge in [0.15, 0.2) is 0 Å². The van der Waals surface area contributed by atoms with E-state index in [1.165, 1.54) is 17.5 Å². The third-order valence-corrected chi connectivity index (χ3v) is 8.94. The molecule has 0 unspecified atom stereocenters. The van der Waals surface area contributed by atoms with Crippen LogP contribution in [0.1, 0.15) is 29.6 Å². The predicted octanol–water partition coefficient (Wildman–Crippen LogP) is 5.40. The van der Waals surface area contributed by atoms with Gasteiger partial charge in [0, 0.05) is 24.5 Å². The van der Waals surface area contributed by atoms with E-state index in [9.17, 15) is 13.2 Å². The molecule has 35 heavy (non-hydrogen) atoms. The smallest absolute Gasteiger partial charge is 0.256 e. The number of rotatable bonds is 6. The van der Waals surface area contributed by atoms with Crippen LogP contribution >= 0.6 is 11.3 Å². The van der Waals surface area contributed by atoms with Gasteiger partial charge in [0.05, 0.1) is 34.4 Å². The minimum Gasteiger partial charge on any atom is -0.497 e. The van der Waals surface area contributed by atoms with E-state index in [4.69, 9.17) is 9.72 Å². The van der Waals surface area contributed by atoms with Gasteiger partial charge in [-0.15, -0.1) is 11.3 Å². The first kappa shape index (κ1) is 23.5. The second-order valence-electron chi connectivity index (χ2n) is 8.33. The number of nitrogens with one attached hydrogen (secondary N) is 1. The summed E-state index contributed by atoms with van der Waals surface area (Å²) in [5.74, 6) is 0.00888. The fourth-order valence-corrected chi connectivity index (χ4v) is 6.66. The number of carbonyl (C=O) groups is 1. The molecule has 0 saturated carbocycles. The molecule has 1 aliphatic rings. The van der Waals surface area contributed by atoms with E-state index in [0.717, 1.165) is 24.1 Å². The number of hydrogen-bond acceptors (Lipinski definition) is 6. The molecule has 1 N–H and O–H groups in total. The molecule has 0 aliphatic carbocycles. The summed E-state index contributed by atoms with van der Waals surface area (Å²) in [7, 11) is -2.33. The summed E-state index contributed by atoms with van der Waals surface area (Å²) in [5.41, 5.74) is 2.04. The van der Waals surface area contributed by atoms with Gasteiger partial charge in [-0.25, -0.2) is 13.4 Å². The Morgan fingerprint density at radius 3 is 2.57 bits per heavy atom. The lowest BCUT2D eigenvalue weighted by Crippen LogP contribution is -2.36. The van der Waals surface area contributed by atoms with E-state index in [1.807, 2.05) is 41.8 Å². The number of hydrogen-bond donors (Lipinski definition) is 1. The molecule has 0 bridgehead atoms. The largest absolute Gasteiger partial charge is 0.497 e. The van der Waals surface area contributed by atoms with Crippen molar-refractivity contribution in [1.29, 1.82) is 0 Å². The van der Waals surface area contributed by atoms with Crippen LogP contribution in [0, 0.1) is 0 Å². The first-order valence-electron chi connectivity index (χ1n) is 11.4. The SMILES string of the molecule is COc1ccc(NC(=O)c2cc(-c3cccs3)nc3ccccc23)c(S(=O)(=O)N2CCCCC2)c1. The number of ether oxygens (including phenoxy) is 1. The molecule has 2 aromatic carbocycles. The number of thiophene rings is 1. The molecule has 5 rings (SSSR count). The van der Waals surface area contributed by atoms with Gasteiger partial charge >= 0.3 is 0 Å². The summed E-state index contributed by atoms with van der Waals surface area (Å²) in [6, 6.07) is 17.8. The number of para-hydroxylation sites is 1. The maximum absolute atomic E-state index is 13.6. The van der Waals surface area contributed by atoms with Crippen LogP contribution in [0.4, 0.5) is 5.69 Å². The lowest BCUT2D eigenvalue weighted by atomic mass is 10.1. The molecule has 0 atom stereocenters. The maximum atomic E-state index is 13.6. The van der Waals surface area contributed by atoms with Gasteiger partial charge in [-0.1, -0.05) is 30.7 Å². The van der Waals surface area contributed by atoms with Gasteiger partial charge in [-0.3, -0.25) is 4.79 Å². The van der Waals surface area contributed by atoms with Gasteiger partial charge in [0.2, 0.25) is 10.0 Å². The molecule has 1 aliphatic heterocycles. The first-order chi connectivity index (χ1) is 17.0. The molecule has 3 heterocycles. The number of fused-ring (bicyclic) bond motifs is 1. The number of pyridine rings is 1. The highest BCUT2D eigenvalue weighted by Crippen LogP contribution is 2.32. The van der Waals surface area contributed by atoms with Crippen molar-refractivity contribution >= 4 is 43.9 Å². The van der Waals surface area contributed by atoms with E-state index in [2.05, 4.69) is 5.32 Å². The highest BCUT2D eigenvalue weighted by atomic mass is 32.2. The number of piperidine rings is 1. The van der Waals surface area contributed by atoms with Crippen LogP contribution < -0.4 is 10.1 Å². The quantitative estimate of drug-likeness (QED) is 0.378. The Kier molecular flexibility index (Phi) is 6.55. The van der Waals surface area contributed by atoms with Crippen LogP contribution in [0.25, 0.3) is 21.5 Å². The summed E-state index contributed by atoms with van der Waals surface area (Å²) in [6.45, 7) is 0.929. The molecule has 2 aromatic heterocycles. The molecular weight excluding hydrogens is 482 g/mol. The predicted molar refractivity (Wildman–Crippen MR) is 139 cm³/mol. The fourth-order valence-electron chi connectivity index (χ4n) is 4.29. The molecular formula is C26H25N3O4S2. The number of carbonyl (C=O) groups excluding carboxylic acids is 1. The number of anilines is 1. The molecule has 180 valence electrons. The Hall–Kier alpha value is -3.27. The van der Waals surface area contributed by atoms with Crippen molar-refractivity contribution in [3.05, 3.63) is 71.6 Å². The van der Waals surface area contributed by atoms with Crippen molar-refractivity contribution in [3.8, 4) is 16.3 Å². The lowest BCUT2D eigenvalue weighted by Gasteiger charge is -2.27. The lowest BCUT2D eigenvalue weighted by molar-refractivity contribution is 0.102. The number of methoxy groups -OCH3 is 1. The first-order valence-corrected chi connectivity index (χ1v) is 13.7. The Balaban J connectivity index is 1.57. The van der Waals surface area contributed by atoms with Gasteiger partial charge in [0.25, 0.3) is 5.91 Å². The standard InChI is InChI=1S/C26H25N3O4S2/c1-33-18-11-12-22(25(16-18)35(31,32)29-13-5-2-6-14-29)28-26(30)20-17-23(24-10-7-15-34-24)27-21-9-4-3-8-19(20)21/h3-4,7-12,15-17H,2,5-6,13-14H2,1H3,(H,28,30). The third-order valence-electron chi connectivity index (χ3n) is 6.10. The van der Waals surface area contributed by atoms with E-state index in [0.29, 0.717) is 41.0 Å². The van der Waals surface area contributed by atoms with E-state index >= 15 is 0 Å². The van der Waals surface area contributed by atoms with Crippen LogP contribution in [-0.4, -0.2) is 43.8 Å². The number of amides is 1. The Labute approximate surface area is 208 Å². The van der Waals surface area contributed by atoms with Crippen molar-refractivity contribution in [2.45, 2.75) is 24.2 Å². The van der Waals surface area contributed by atoms with Gasteiger partial charge < -0.3 is 10.1 Å². The van der Waals surface area contributed by atoms with E-state index in [1.54, 1.807) is 29.5 Å². The molecule has 4 aromatic rings. The van der Waals surface area contributed by atoms with Crippen molar-refractivity contribution in [2.24, 2.45) is 0 Å². The monoisotopic (exact) mass is 507 g/mol. The van der Waals surface area contributed by atoms with Crippen LogP contribution in [-0.2, 0) is 10.0 Å². The summed E-state index contributed by atoms with van der Waals surface area (Å²) in [5, 5.41) is 5.52. The minimum absolute atomic E-state index is 0.0314. The van der Waals surface area contributed by atoms with Gasteiger partial charge in [0.1, 0.15) is 10.6 Å². The highest BCUT2D eigenvalue weighted by molar-refractivity contribution is 7.89. The molecule has 1 fully saturated rings. The maximum Gasteiger partial charge on any atom is 0.256 e. The van der Waals surface area contributed by atoms with E-state index < -0.39 is 15.9 Å². The average molecular weight is 508 g/mol. The number of benzene rings is 2. The van der Waals surface area contributed by atoms with E-state index in [-0.39, 0.29) is 10.6 Å². The second-order valence-corrected chi connectivity index (χ2v) is 11.2. The highest BCUT2D eigenvalue weighted by Gasteiger charge is 2.29. The van der Waals surface area contributed by atoms with Gasteiger partial charge in [-0.05, 0) is 48.6 Å². The number of nitrogens with zero attached hydrogens (tertiary/aromatic N) is 2. The molecule has 0 spiro atoms. The van der Waals surface area contributed by atoms with Crippen molar-refractivity contribution in [1.82, 2.24) is 9.29 Å². The zero-order chi connectivity index (χ0) is 24.4. The van der Waals surface area contributed by atoms with Gasteiger partial charge in [-0.2, -0.15) is 4.31 Å². The zero-order valence-corrected chi connectivity index (χ0v) is 20.9. The molecule has 9 heteroatoms. The molecule has 0 radical (unpaired) electrons. The Morgan fingerprint density at radius 1 is 1.03 bits per heavy atom. The normalized spacial score (nSPS) is 14.7. The van der Waals surface area contributed by atoms with Crippen LogP contribution in [0.3, 0.4) is 0 Å². The number of aromatic nitrogens is 1. The summed E-state index contributed by atoms with van der Waals surface area (Å²) in [4.78, 5) is 19.3. The van der Waals surface area contributed by atoms with Crippen molar-refractivity contribution < 1.29 is 17.9 Å². The summed E-state index contributed by atoms with van der Waals surface area (Å²) < 4.78 is 33.8. The number of sulfonamides is 1.